The van der Waals surface area contributed by atoms with E-state index in [1.807, 2.05) is 12.3 Å². The molecule has 1 aliphatic rings. The summed E-state index contributed by atoms with van der Waals surface area (Å²) < 4.78 is 0. The first-order valence-corrected chi connectivity index (χ1v) is 5.70. The SMILES string of the molecule is CNC(Cc1ccccn1)C1CC1(C)C. The Balaban J connectivity index is 1.98. The largest absolute Gasteiger partial charge is 0.316 e. The Morgan fingerprint density at radius 1 is 1.53 bits per heavy atom. The molecule has 1 aromatic heterocycles. The van der Waals surface area contributed by atoms with Gasteiger partial charge in [-0.3, -0.25) is 4.98 Å². The van der Waals surface area contributed by atoms with Gasteiger partial charge in [-0.2, -0.15) is 0 Å². The third-order valence-corrected chi connectivity index (χ3v) is 3.60. The maximum atomic E-state index is 4.38. The molecular weight excluding hydrogens is 184 g/mol. The summed E-state index contributed by atoms with van der Waals surface area (Å²) in [5.41, 5.74) is 1.72. The standard InChI is InChI=1S/C13H20N2/c1-13(2)9-11(13)12(14-3)8-10-6-4-5-7-15-10/h4-7,11-12,14H,8-9H2,1-3H3. The molecule has 2 nitrogen and oxygen atoms in total. The lowest BCUT2D eigenvalue weighted by Gasteiger charge is -2.17. The van der Waals surface area contributed by atoms with Gasteiger partial charge in [-0.15, -0.1) is 0 Å². The smallest absolute Gasteiger partial charge is 0.0419 e. The molecule has 0 aliphatic heterocycles. The Labute approximate surface area is 92.1 Å². The molecule has 2 rings (SSSR count). The van der Waals surface area contributed by atoms with Gasteiger partial charge in [0.15, 0.2) is 0 Å². The normalized spacial score (nSPS) is 24.9. The topological polar surface area (TPSA) is 24.9 Å². The van der Waals surface area contributed by atoms with Gasteiger partial charge < -0.3 is 5.32 Å². The Morgan fingerprint density at radius 3 is 2.73 bits per heavy atom. The molecule has 1 heterocycles. The van der Waals surface area contributed by atoms with E-state index in [0.717, 1.165) is 12.3 Å². The molecule has 1 N–H and O–H groups in total. The van der Waals surface area contributed by atoms with Crippen LogP contribution in [0.1, 0.15) is 26.0 Å². The zero-order valence-corrected chi connectivity index (χ0v) is 9.83. The molecule has 0 saturated heterocycles. The van der Waals surface area contributed by atoms with Crippen LogP contribution in [-0.2, 0) is 6.42 Å². The first-order valence-electron chi connectivity index (χ1n) is 5.70. The lowest BCUT2D eigenvalue weighted by atomic mass is 10.00. The number of aromatic nitrogens is 1. The van der Waals surface area contributed by atoms with Crippen molar-refractivity contribution in [1.82, 2.24) is 10.3 Å². The van der Waals surface area contributed by atoms with Gasteiger partial charge in [-0.25, -0.2) is 0 Å². The molecule has 2 unspecified atom stereocenters. The molecular formula is C13H20N2. The predicted octanol–water partition coefficient (Wildman–Crippen LogP) is 2.26. The fourth-order valence-electron chi connectivity index (χ4n) is 2.38. The molecule has 0 bridgehead atoms. The summed E-state index contributed by atoms with van der Waals surface area (Å²) in [6.45, 7) is 4.70. The fourth-order valence-corrected chi connectivity index (χ4v) is 2.38. The highest BCUT2D eigenvalue weighted by atomic mass is 14.9. The van der Waals surface area contributed by atoms with Crippen LogP contribution in [0.4, 0.5) is 0 Å². The minimum atomic E-state index is 0.530. The van der Waals surface area contributed by atoms with Gasteiger partial charge in [0.25, 0.3) is 0 Å². The van der Waals surface area contributed by atoms with E-state index in [1.54, 1.807) is 0 Å². The third-order valence-electron chi connectivity index (χ3n) is 3.60. The molecule has 1 fully saturated rings. The molecule has 0 spiro atoms. The highest BCUT2D eigenvalue weighted by Crippen LogP contribution is 2.53. The fraction of sp³-hybridized carbons (Fsp3) is 0.615. The van der Waals surface area contributed by atoms with E-state index in [1.165, 1.54) is 12.1 Å². The van der Waals surface area contributed by atoms with Crippen LogP contribution in [0.25, 0.3) is 0 Å². The Bertz CT molecular complexity index is 319. The van der Waals surface area contributed by atoms with Crippen LogP contribution in [0.15, 0.2) is 24.4 Å². The average Bonchev–Trinajstić information content (AvgIpc) is 2.86. The predicted molar refractivity (Wildman–Crippen MR) is 62.7 cm³/mol. The maximum Gasteiger partial charge on any atom is 0.0419 e. The highest BCUT2D eigenvalue weighted by Gasteiger charge is 2.49. The monoisotopic (exact) mass is 204 g/mol. The van der Waals surface area contributed by atoms with Crippen LogP contribution >= 0.6 is 0 Å². The van der Waals surface area contributed by atoms with Crippen molar-refractivity contribution in [2.45, 2.75) is 32.7 Å². The number of pyridine rings is 1. The summed E-state index contributed by atoms with van der Waals surface area (Å²) in [5, 5.41) is 3.43. The summed E-state index contributed by atoms with van der Waals surface area (Å²) in [6, 6.07) is 6.72. The number of rotatable bonds is 4. The van der Waals surface area contributed by atoms with Crippen molar-refractivity contribution in [2.24, 2.45) is 11.3 Å². The molecule has 0 radical (unpaired) electrons. The number of likely N-dealkylation sites (N-methyl/N-ethyl adjacent to an activating group) is 1. The van der Waals surface area contributed by atoms with Crippen LogP contribution in [0.2, 0.25) is 0 Å². The Morgan fingerprint density at radius 2 is 2.27 bits per heavy atom. The zero-order valence-electron chi connectivity index (χ0n) is 9.83. The van der Waals surface area contributed by atoms with Crippen LogP contribution in [0.5, 0.6) is 0 Å². The summed E-state index contributed by atoms with van der Waals surface area (Å²) >= 11 is 0. The van der Waals surface area contributed by atoms with Gasteiger partial charge in [-0.1, -0.05) is 19.9 Å². The summed E-state index contributed by atoms with van der Waals surface area (Å²) in [5.74, 6) is 0.810. The van der Waals surface area contributed by atoms with E-state index in [-0.39, 0.29) is 0 Å². The lowest BCUT2D eigenvalue weighted by Crippen LogP contribution is -2.31. The van der Waals surface area contributed by atoms with Crippen LogP contribution < -0.4 is 5.32 Å². The Kier molecular flexibility index (Phi) is 2.79. The molecule has 15 heavy (non-hydrogen) atoms. The molecule has 1 aliphatic carbocycles. The van der Waals surface area contributed by atoms with Crippen molar-refractivity contribution in [2.75, 3.05) is 7.05 Å². The molecule has 1 saturated carbocycles. The first kappa shape index (κ1) is 10.6. The maximum absolute atomic E-state index is 4.38. The van der Waals surface area contributed by atoms with Crippen molar-refractivity contribution in [3.8, 4) is 0 Å². The number of hydrogen-bond donors (Lipinski definition) is 1. The minimum Gasteiger partial charge on any atom is -0.316 e. The molecule has 2 atom stereocenters. The quantitative estimate of drug-likeness (QED) is 0.813. The summed E-state index contributed by atoms with van der Waals surface area (Å²) in [7, 11) is 2.06. The number of nitrogens with zero attached hydrogens (tertiary/aromatic N) is 1. The zero-order chi connectivity index (χ0) is 10.9. The number of nitrogens with one attached hydrogen (secondary N) is 1. The van der Waals surface area contributed by atoms with Crippen molar-refractivity contribution in [3.63, 3.8) is 0 Å². The van der Waals surface area contributed by atoms with Crippen molar-refractivity contribution >= 4 is 0 Å². The van der Waals surface area contributed by atoms with E-state index in [4.69, 9.17) is 0 Å². The van der Waals surface area contributed by atoms with Crippen LogP contribution in [0, 0.1) is 11.3 Å². The van der Waals surface area contributed by atoms with Crippen molar-refractivity contribution < 1.29 is 0 Å². The second-order valence-electron chi connectivity index (χ2n) is 5.22. The molecule has 0 amide bonds. The van der Waals surface area contributed by atoms with E-state index in [0.29, 0.717) is 11.5 Å². The third kappa shape index (κ3) is 2.37. The minimum absolute atomic E-state index is 0.530. The van der Waals surface area contributed by atoms with Crippen molar-refractivity contribution in [3.05, 3.63) is 30.1 Å². The Hall–Kier alpha value is -0.890. The first-order chi connectivity index (χ1) is 7.13. The summed E-state index contributed by atoms with van der Waals surface area (Å²) in [6.07, 6.45) is 4.26. The number of hydrogen-bond acceptors (Lipinski definition) is 2. The molecule has 82 valence electrons. The van der Waals surface area contributed by atoms with Gasteiger partial charge in [0.05, 0.1) is 0 Å². The highest BCUT2D eigenvalue weighted by molar-refractivity contribution is 5.10. The molecule has 2 heteroatoms. The second kappa shape index (κ2) is 3.93. The molecule has 0 aromatic carbocycles. The van der Waals surface area contributed by atoms with Gasteiger partial charge in [0.2, 0.25) is 0 Å². The van der Waals surface area contributed by atoms with Crippen LogP contribution in [0.3, 0.4) is 0 Å². The second-order valence-corrected chi connectivity index (χ2v) is 5.22. The van der Waals surface area contributed by atoms with E-state index < -0.39 is 0 Å². The average molecular weight is 204 g/mol. The van der Waals surface area contributed by atoms with Gasteiger partial charge in [-0.05, 0) is 36.9 Å². The van der Waals surface area contributed by atoms with E-state index in [2.05, 4.69) is 43.3 Å². The van der Waals surface area contributed by atoms with E-state index in [9.17, 15) is 0 Å². The van der Waals surface area contributed by atoms with E-state index >= 15 is 0 Å². The molecule has 1 aromatic rings. The van der Waals surface area contributed by atoms with Gasteiger partial charge >= 0.3 is 0 Å². The lowest BCUT2D eigenvalue weighted by molar-refractivity contribution is 0.423. The van der Waals surface area contributed by atoms with Gasteiger partial charge in [0.1, 0.15) is 0 Å². The van der Waals surface area contributed by atoms with Crippen LogP contribution in [-0.4, -0.2) is 18.1 Å². The van der Waals surface area contributed by atoms with Gasteiger partial charge in [0, 0.05) is 24.4 Å². The van der Waals surface area contributed by atoms with Crippen molar-refractivity contribution in [1.29, 1.82) is 0 Å². The summed E-state index contributed by atoms with van der Waals surface area (Å²) in [4.78, 5) is 4.38.